The standard InChI is InChI=1S/C14H26N4O2/c1-15-13(16-8-5-11-3-4-11)17-12-6-9-18(10-7-12)14(19)20-2/h11-12H,3-10H2,1-2H3,(H2,15,16,17). The Morgan fingerprint density at radius 1 is 1.30 bits per heavy atom. The monoisotopic (exact) mass is 282 g/mol. The first-order valence-electron chi connectivity index (χ1n) is 7.53. The molecule has 2 fully saturated rings. The van der Waals surface area contributed by atoms with Crippen molar-refractivity contribution < 1.29 is 9.53 Å². The first kappa shape index (κ1) is 14.9. The Morgan fingerprint density at radius 3 is 2.55 bits per heavy atom. The topological polar surface area (TPSA) is 66.0 Å². The van der Waals surface area contributed by atoms with Gasteiger partial charge in [-0.3, -0.25) is 4.99 Å². The van der Waals surface area contributed by atoms with Gasteiger partial charge in [-0.2, -0.15) is 0 Å². The normalized spacial score (nSPS) is 20.7. The van der Waals surface area contributed by atoms with Crippen LogP contribution < -0.4 is 10.6 Å². The van der Waals surface area contributed by atoms with Gasteiger partial charge in [0.1, 0.15) is 0 Å². The molecule has 6 nitrogen and oxygen atoms in total. The summed E-state index contributed by atoms with van der Waals surface area (Å²) < 4.78 is 4.74. The molecule has 1 aliphatic heterocycles. The molecule has 0 aromatic carbocycles. The van der Waals surface area contributed by atoms with E-state index in [9.17, 15) is 4.79 Å². The first-order valence-corrected chi connectivity index (χ1v) is 7.53. The van der Waals surface area contributed by atoms with Gasteiger partial charge in [0.15, 0.2) is 5.96 Å². The molecular formula is C14H26N4O2. The zero-order valence-corrected chi connectivity index (χ0v) is 12.5. The Kier molecular flexibility index (Phi) is 5.49. The molecule has 1 saturated heterocycles. The quantitative estimate of drug-likeness (QED) is 0.600. The van der Waals surface area contributed by atoms with E-state index in [0.29, 0.717) is 6.04 Å². The number of amides is 1. The number of hydrogen-bond acceptors (Lipinski definition) is 3. The van der Waals surface area contributed by atoms with Crippen molar-refractivity contribution in [2.75, 3.05) is 33.8 Å². The van der Waals surface area contributed by atoms with Crippen LogP contribution in [-0.4, -0.2) is 56.8 Å². The summed E-state index contributed by atoms with van der Waals surface area (Å²) in [7, 11) is 3.23. The second kappa shape index (κ2) is 7.36. The van der Waals surface area contributed by atoms with Crippen molar-refractivity contribution in [1.29, 1.82) is 0 Å². The number of carbonyl (C=O) groups is 1. The lowest BCUT2D eigenvalue weighted by molar-refractivity contribution is 0.111. The maximum atomic E-state index is 11.4. The summed E-state index contributed by atoms with van der Waals surface area (Å²) in [5, 5.41) is 6.80. The van der Waals surface area contributed by atoms with Crippen molar-refractivity contribution in [3.8, 4) is 0 Å². The summed E-state index contributed by atoms with van der Waals surface area (Å²) in [5.74, 6) is 1.81. The van der Waals surface area contributed by atoms with Crippen LogP contribution in [0.3, 0.4) is 0 Å². The lowest BCUT2D eigenvalue weighted by Gasteiger charge is -2.32. The van der Waals surface area contributed by atoms with Gasteiger partial charge in [0.2, 0.25) is 0 Å². The molecule has 2 aliphatic rings. The summed E-state index contributed by atoms with van der Waals surface area (Å²) in [6.07, 6.45) is 5.65. The number of guanidine groups is 1. The fraction of sp³-hybridized carbons (Fsp3) is 0.857. The van der Waals surface area contributed by atoms with Crippen molar-refractivity contribution in [2.45, 2.75) is 38.1 Å². The minimum absolute atomic E-state index is 0.226. The molecule has 2 rings (SSSR count). The molecule has 0 bridgehead atoms. The molecule has 1 heterocycles. The van der Waals surface area contributed by atoms with Crippen LogP contribution in [0, 0.1) is 5.92 Å². The molecule has 0 spiro atoms. The highest BCUT2D eigenvalue weighted by molar-refractivity contribution is 5.80. The number of rotatable bonds is 4. The summed E-state index contributed by atoms with van der Waals surface area (Å²) in [6, 6.07) is 0.378. The van der Waals surface area contributed by atoms with Gasteiger partial charge < -0.3 is 20.3 Å². The van der Waals surface area contributed by atoms with Crippen LogP contribution in [0.4, 0.5) is 4.79 Å². The minimum atomic E-state index is -0.226. The summed E-state index contributed by atoms with van der Waals surface area (Å²) in [6.45, 7) is 2.47. The number of ether oxygens (including phenoxy) is 1. The van der Waals surface area contributed by atoms with Gasteiger partial charge in [-0.15, -0.1) is 0 Å². The second-order valence-electron chi connectivity index (χ2n) is 5.61. The van der Waals surface area contributed by atoms with Crippen LogP contribution in [0.1, 0.15) is 32.1 Å². The van der Waals surface area contributed by atoms with E-state index < -0.39 is 0 Å². The second-order valence-corrected chi connectivity index (χ2v) is 5.61. The van der Waals surface area contributed by atoms with E-state index in [1.807, 2.05) is 0 Å². The smallest absolute Gasteiger partial charge is 0.409 e. The Bertz CT molecular complexity index is 347. The first-order chi connectivity index (χ1) is 9.72. The Balaban J connectivity index is 1.65. The van der Waals surface area contributed by atoms with E-state index in [1.54, 1.807) is 11.9 Å². The molecule has 2 N–H and O–H groups in total. The fourth-order valence-corrected chi connectivity index (χ4v) is 2.52. The highest BCUT2D eigenvalue weighted by Gasteiger charge is 2.24. The van der Waals surface area contributed by atoms with Crippen LogP contribution in [-0.2, 0) is 4.74 Å². The average molecular weight is 282 g/mol. The number of nitrogens with one attached hydrogen (secondary N) is 2. The number of methoxy groups -OCH3 is 1. The van der Waals surface area contributed by atoms with Crippen LogP contribution in [0.15, 0.2) is 4.99 Å². The Labute approximate surface area is 121 Å². The highest BCUT2D eigenvalue weighted by atomic mass is 16.5. The van der Waals surface area contributed by atoms with E-state index in [1.165, 1.54) is 26.4 Å². The largest absolute Gasteiger partial charge is 0.453 e. The van der Waals surface area contributed by atoms with Crippen molar-refractivity contribution >= 4 is 12.1 Å². The molecule has 0 atom stereocenters. The molecule has 1 saturated carbocycles. The number of likely N-dealkylation sites (tertiary alicyclic amines) is 1. The number of aliphatic imine (C=N–C) groups is 1. The molecule has 0 radical (unpaired) electrons. The maximum Gasteiger partial charge on any atom is 0.409 e. The van der Waals surface area contributed by atoms with Crippen molar-refractivity contribution in [3.63, 3.8) is 0 Å². The van der Waals surface area contributed by atoms with Crippen molar-refractivity contribution in [2.24, 2.45) is 10.9 Å². The molecule has 1 amide bonds. The van der Waals surface area contributed by atoms with E-state index in [2.05, 4.69) is 15.6 Å². The third-order valence-electron chi connectivity index (χ3n) is 4.03. The number of piperidine rings is 1. The summed E-state index contributed by atoms with van der Waals surface area (Å²) >= 11 is 0. The third kappa shape index (κ3) is 4.58. The lowest BCUT2D eigenvalue weighted by atomic mass is 10.1. The SMILES string of the molecule is CN=C(NCCC1CC1)NC1CCN(C(=O)OC)CC1. The van der Waals surface area contributed by atoms with E-state index in [4.69, 9.17) is 4.74 Å². The van der Waals surface area contributed by atoms with Gasteiger partial charge in [-0.1, -0.05) is 12.8 Å². The molecule has 0 aromatic rings. The number of nitrogens with zero attached hydrogens (tertiary/aromatic N) is 2. The predicted octanol–water partition coefficient (Wildman–Crippen LogP) is 1.18. The minimum Gasteiger partial charge on any atom is -0.453 e. The van der Waals surface area contributed by atoms with Gasteiger partial charge in [0, 0.05) is 32.7 Å². The summed E-state index contributed by atoms with van der Waals surface area (Å²) in [5.41, 5.74) is 0. The van der Waals surface area contributed by atoms with E-state index in [-0.39, 0.29) is 6.09 Å². The van der Waals surface area contributed by atoms with Crippen molar-refractivity contribution in [1.82, 2.24) is 15.5 Å². The molecule has 0 unspecified atom stereocenters. The van der Waals surface area contributed by atoms with Crippen LogP contribution in [0.2, 0.25) is 0 Å². The Hall–Kier alpha value is -1.46. The molecule has 0 aromatic heterocycles. The number of carbonyl (C=O) groups excluding carboxylic acids is 1. The zero-order chi connectivity index (χ0) is 14.4. The number of hydrogen-bond donors (Lipinski definition) is 2. The molecule has 20 heavy (non-hydrogen) atoms. The van der Waals surface area contributed by atoms with E-state index >= 15 is 0 Å². The predicted molar refractivity (Wildman–Crippen MR) is 78.8 cm³/mol. The fourth-order valence-electron chi connectivity index (χ4n) is 2.52. The van der Waals surface area contributed by atoms with Gasteiger partial charge in [0.05, 0.1) is 7.11 Å². The van der Waals surface area contributed by atoms with Gasteiger partial charge in [0.25, 0.3) is 0 Å². The molecule has 114 valence electrons. The van der Waals surface area contributed by atoms with Crippen molar-refractivity contribution in [3.05, 3.63) is 0 Å². The molecular weight excluding hydrogens is 256 g/mol. The average Bonchev–Trinajstić information content (AvgIpc) is 3.30. The lowest BCUT2D eigenvalue weighted by Crippen LogP contribution is -2.49. The van der Waals surface area contributed by atoms with E-state index in [0.717, 1.165) is 44.4 Å². The zero-order valence-electron chi connectivity index (χ0n) is 12.5. The summed E-state index contributed by atoms with van der Waals surface area (Å²) in [4.78, 5) is 17.4. The van der Waals surface area contributed by atoms with Crippen LogP contribution in [0.5, 0.6) is 0 Å². The van der Waals surface area contributed by atoms with Gasteiger partial charge in [-0.25, -0.2) is 4.79 Å². The van der Waals surface area contributed by atoms with Crippen LogP contribution in [0.25, 0.3) is 0 Å². The van der Waals surface area contributed by atoms with Gasteiger partial charge in [-0.05, 0) is 25.2 Å². The maximum absolute atomic E-state index is 11.4. The third-order valence-corrected chi connectivity index (χ3v) is 4.03. The molecule has 1 aliphatic carbocycles. The molecule has 6 heteroatoms. The van der Waals surface area contributed by atoms with Crippen LogP contribution >= 0.6 is 0 Å². The Morgan fingerprint density at radius 2 is 2.00 bits per heavy atom. The van der Waals surface area contributed by atoms with Gasteiger partial charge >= 0.3 is 6.09 Å². The highest BCUT2D eigenvalue weighted by Crippen LogP contribution is 2.31.